The smallest absolute Gasteiger partial charge is 0.452 e. The number of carbonyl (C=O) groups is 1. The third-order valence-corrected chi connectivity index (χ3v) is 11.1. The molecule has 2 aliphatic heterocycles. The van der Waals surface area contributed by atoms with Gasteiger partial charge in [0.2, 0.25) is 15.8 Å². The first-order chi connectivity index (χ1) is 21.7. The molecule has 2 fully saturated rings. The Morgan fingerprint density at radius 1 is 1.15 bits per heavy atom. The summed E-state index contributed by atoms with van der Waals surface area (Å²) in [7, 11) is -4.11. The Hall–Kier alpha value is -3.82. The molecule has 3 aliphatic rings. The van der Waals surface area contributed by atoms with E-state index in [4.69, 9.17) is 9.47 Å². The zero-order chi connectivity index (χ0) is 33.0. The fraction of sp³-hybridized carbons (Fsp3) is 0.452. The van der Waals surface area contributed by atoms with Gasteiger partial charge in [0.25, 0.3) is 0 Å². The van der Waals surface area contributed by atoms with E-state index in [1.165, 1.54) is 28.7 Å². The molecular formula is C31H32F4N4O6S. The van der Waals surface area contributed by atoms with Crippen LogP contribution in [0.3, 0.4) is 0 Å². The fourth-order valence-corrected chi connectivity index (χ4v) is 8.40. The van der Waals surface area contributed by atoms with Crippen LogP contribution in [0.15, 0.2) is 54.2 Å². The van der Waals surface area contributed by atoms with E-state index in [1.54, 1.807) is 32.0 Å². The van der Waals surface area contributed by atoms with Crippen LogP contribution in [0.2, 0.25) is 0 Å². The second-order valence-electron chi connectivity index (χ2n) is 12.0. The number of aliphatic carboxylic acids is 1. The fourth-order valence-electron chi connectivity index (χ4n) is 6.52. The highest BCUT2D eigenvalue weighted by atomic mass is 32.2. The largest absolute Gasteiger partial charge is 0.489 e. The van der Waals surface area contributed by atoms with Crippen LogP contribution in [0.5, 0.6) is 0 Å². The number of carboxylic acid groups (broad SMARTS) is 1. The number of allylic oxidation sites excluding steroid dienone is 3. The number of aromatic nitrogens is 3. The van der Waals surface area contributed by atoms with Gasteiger partial charge in [-0.3, -0.25) is 9.20 Å². The Kier molecular flexibility index (Phi) is 8.22. The number of aryl methyl sites for hydroxylation is 2. The molecule has 0 bridgehead atoms. The molecule has 15 heteroatoms. The number of ether oxygens (including phenoxy) is 2. The summed E-state index contributed by atoms with van der Waals surface area (Å²) in [4.78, 5) is 12.1. The predicted octanol–water partition coefficient (Wildman–Crippen LogP) is 5.19. The number of halogens is 4. The van der Waals surface area contributed by atoms with Crippen molar-refractivity contribution in [3.8, 4) is 0 Å². The molecule has 1 unspecified atom stereocenters. The van der Waals surface area contributed by atoms with Crippen LogP contribution in [0.4, 0.5) is 17.6 Å². The molecule has 1 spiro atoms. The van der Waals surface area contributed by atoms with Gasteiger partial charge in [-0.25, -0.2) is 12.8 Å². The molecule has 2 saturated heterocycles. The summed E-state index contributed by atoms with van der Waals surface area (Å²) in [6, 6.07) is 6.64. The molecule has 1 aliphatic carbocycles. The van der Waals surface area contributed by atoms with Gasteiger partial charge in [-0.15, -0.1) is 10.2 Å². The van der Waals surface area contributed by atoms with Crippen molar-refractivity contribution < 1.29 is 45.4 Å². The molecule has 6 rings (SSSR count). The number of sulfonamides is 1. The maximum atomic E-state index is 14.4. The summed E-state index contributed by atoms with van der Waals surface area (Å²) in [5.41, 5.74) is 1.72. The number of fused-ring (bicyclic) bond motifs is 2. The van der Waals surface area contributed by atoms with Crippen LogP contribution in [-0.2, 0) is 37.0 Å². The predicted molar refractivity (Wildman–Crippen MR) is 157 cm³/mol. The Bertz CT molecular complexity index is 1860. The van der Waals surface area contributed by atoms with E-state index in [-0.39, 0.29) is 37.3 Å². The number of pyridine rings is 1. The summed E-state index contributed by atoms with van der Waals surface area (Å²) in [6.45, 7) is 4.05. The van der Waals surface area contributed by atoms with E-state index in [0.29, 0.717) is 48.3 Å². The number of hydrogen-bond acceptors (Lipinski definition) is 7. The minimum absolute atomic E-state index is 0.0145. The molecule has 1 N–H and O–H groups in total. The van der Waals surface area contributed by atoms with Gasteiger partial charge in [0.15, 0.2) is 5.65 Å². The van der Waals surface area contributed by atoms with E-state index in [2.05, 4.69) is 10.2 Å². The lowest BCUT2D eigenvalue weighted by Crippen LogP contribution is -2.48. The second kappa shape index (κ2) is 11.8. The number of nitrogens with zero attached hydrogens (tertiary/aromatic N) is 4. The van der Waals surface area contributed by atoms with E-state index in [0.717, 1.165) is 9.96 Å². The van der Waals surface area contributed by atoms with Crippen molar-refractivity contribution in [2.75, 3.05) is 19.8 Å². The molecule has 1 aromatic carbocycles. The number of hydrogen-bond donors (Lipinski definition) is 1. The average molecular weight is 665 g/mol. The van der Waals surface area contributed by atoms with Crippen molar-refractivity contribution in [1.82, 2.24) is 18.9 Å². The number of rotatable bonds is 6. The monoisotopic (exact) mass is 664 g/mol. The first-order valence-electron chi connectivity index (χ1n) is 14.7. The van der Waals surface area contributed by atoms with Crippen LogP contribution in [-0.4, -0.2) is 69.0 Å². The lowest BCUT2D eigenvalue weighted by molar-refractivity contribution is -0.145. The van der Waals surface area contributed by atoms with Gasteiger partial charge in [-0.1, -0.05) is 18.2 Å². The number of carboxylic acids is 1. The van der Waals surface area contributed by atoms with Crippen molar-refractivity contribution in [2.24, 2.45) is 0 Å². The van der Waals surface area contributed by atoms with Crippen LogP contribution in [0.1, 0.15) is 65.2 Å². The number of benzene rings is 1. The molecule has 0 amide bonds. The van der Waals surface area contributed by atoms with Crippen molar-refractivity contribution in [3.05, 3.63) is 87.8 Å². The van der Waals surface area contributed by atoms with E-state index >= 15 is 0 Å². The minimum Gasteiger partial charge on any atom is -0.489 e. The zero-order valence-corrected chi connectivity index (χ0v) is 25.9. The minimum atomic E-state index is -4.74. The topological polar surface area (TPSA) is 123 Å². The van der Waals surface area contributed by atoms with Crippen molar-refractivity contribution in [3.63, 3.8) is 0 Å². The lowest BCUT2D eigenvalue weighted by Gasteiger charge is -2.38. The van der Waals surface area contributed by atoms with Gasteiger partial charge in [0, 0.05) is 37.9 Å². The van der Waals surface area contributed by atoms with E-state index in [1.807, 2.05) is 0 Å². The molecule has 0 saturated carbocycles. The standard InChI is InChI=1S/C31H32F4N4O6S/c1-18-3-4-20(24(15-27(40)41)23-7-10-39-28(19(23)2)36-37-29(39)31(33,34)35)13-21(18)16-38-17-30(8-11-44-12-9-30)45-25-6-5-22(32)14-26(25)46(38,42)43/h3-7,10,13,24,26H,8-9,11-12,14-17H2,1-2H3,(H,40,41)/t24-,26?/m0/s1. The quantitative estimate of drug-likeness (QED) is 0.357. The Morgan fingerprint density at radius 2 is 1.89 bits per heavy atom. The molecule has 46 heavy (non-hydrogen) atoms. The summed E-state index contributed by atoms with van der Waals surface area (Å²) < 4.78 is 97.1. The molecule has 4 heterocycles. The summed E-state index contributed by atoms with van der Waals surface area (Å²) in [6.07, 6.45) is -0.815. The van der Waals surface area contributed by atoms with Gasteiger partial charge in [-0.2, -0.15) is 17.5 Å². The first-order valence-corrected chi connectivity index (χ1v) is 16.2. The van der Waals surface area contributed by atoms with Crippen LogP contribution >= 0.6 is 0 Å². The van der Waals surface area contributed by atoms with E-state index < -0.39 is 50.6 Å². The highest BCUT2D eigenvalue weighted by Crippen LogP contribution is 2.41. The van der Waals surface area contributed by atoms with Gasteiger partial charge in [0.1, 0.15) is 22.4 Å². The lowest BCUT2D eigenvalue weighted by atomic mass is 9.85. The molecular weight excluding hydrogens is 632 g/mol. The van der Waals surface area contributed by atoms with Crippen LogP contribution in [0.25, 0.3) is 5.65 Å². The molecule has 0 radical (unpaired) electrons. The highest BCUT2D eigenvalue weighted by molar-refractivity contribution is 7.89. The third-order valence-electron chi connectivity index (χ3n) is 9.05. The van der Waals surface area contributed by atoms with Gasteiger partial charge in [-0.05, 0) is 59.9 Å². The van der Waals surface area contributed by atoms with Crippen molar-refractivity contribution in [1.29, 1.82) is 0 Å². The van der Waals surface area contributed by atoms with Gasteiger partial charge >= 0.3 is 12.1 Å². The maximum absolute atomic E-state index is 14.4. The molecule has 10 nitrogen and oxygen atoms in total. The third kappa shape index (κ3) is 5.91. The van der Waals surface area contributed by atoms with E-state index in [9.17, 15) is 35.9 Å². The maximum Gasteiger partial charge on any atom is 0.452 e. The molecule has 246 valence electrons. The Morgan fingerprint density at radius 3 is 2.59 bits per heavy atom. The second-order valence-corrected chi connectivity index (χ2v) is 14.1. The van der Waals surface area contributed by atoms with Crippen LogP contribution < -0.4 is 0 Å². The Balaban J connectivity index is 1.40. The SMILES string of the molecule is Cc1ccc([C@H](CC(=O)O)c2ccn3c(C(F)(F)F)nnc3c2C)cc1CN1CC2(CCOCC2)OC2=CC=C(F)CC2S1(=O)=O. The molecule has 2 aromatic heterocycles. The summed E-state index contributed by atoms with van der Waals surface area (Å²) in [5.74, 6) is -3.50. The summed E-state index contributed by atoms with van der Waals surface area (Å²) >= 11 is 0. The van der Waals surface area contributed by atoms with Crippen LogP contribution in [0, 0.1) is 13.8 Å². The normalized spacial score (nSPS) is 22.0. The zero-order valence-electron chi connectivity index (χ0n) is 25.1. The highest BCUT2D eigenvalue weighted by Gasteiger charge is 2.49. The average Bonchev–Trinajstić information content (AvgIpc) is 3.42. The Labute approximate surface area is 262 Å². The summed E-state index contributed by atoms with van der Waals surface area (Å²) in [5, 5.41) is 15.6. The van der Waals surface area contributed by atoms with Gasteiger partial charge < -0.3 is 14.6 Å². The van der Waals surface area contributed by atoms with Crippen molar-refractivity contribution in [2.45, 2.75) is 69.0 Å². The van der Waals surface area contributed by atoms with Gasteiger partial charge in [0.05, 0.1) is 26.2 Å². The van der Waals surface area contributed by atoms with Crippen molar-refractivity contribution >= 4 is 21.6 Å². The first kappa shape index (κ1) is 32.1. The molecule has 3 aromatic rings. The number of alkyl halides is 3. The molecule has 2 atom stereocenters.